The molecule has 0 heterocycles. The van der Waals surface area contributed by atoms with Gasteiger partial charge in [-0.25, -0.2) is 0 Å². The molecule has 2 aromatic rings. The van der Waals surface area contributed by atoms with E-state index in [9.17, 15) is 9.59 Å². The van der Waals surface area contributed by atoms with Crippen LogP contribution in [0.4, 0.5) is 5.69 Å². The van der Waals surface area contributed by atoms with Crippen molar-refractivity contribution < 1.29 is 14.3 Å². The number of Topliss-reactive ketones (excluding diaryl/α,β-unsaturated/α-hetero) is 1. The Morgan fingerprint density at radius 1 is 0.958 bits per heavy atom. The number of rotatable bonds is 8. The van der Waals surface area contributed by atoms with Gasteiger partial charge in [0, 0.05) is 17.7 Å². The van der Waals surface area contributed by atoms with Gasteiger partial charge in [0.05, 0.1) is 0 Å². The number of anilines is 1. The molecule has 0 aliphatic carbocycles. The standard InChI is InChI=1S/C20H23NO3/c1-3-5-15-6-10-17(11-7-15)21-20(23)14-24-18-12-8-16(9-13-18)19(22)4-2/h6-13H,3-5,14H2,1-2H3,(H,21,23). The van der Waals surface area contributed by atoms with Crippen molar-refractivity contribution in [2.75, 3.05) is 11.9 Å². The second kappa shape index (κ2) is 8.87. The maximum Gasteiger partial charge on any atom is 0.262 e. The lowest BCUT2D eigenvalue weighted by Crippen LogP contribution is -2.20. The van der Waals surface area contributed by atoms with Gasteiger partial charge in [-0.2, -0.15) is 0 Å². The van der Waals surface area contributed by atoms with Gasteiger partial charge in [-0.15, -0.1) is 0 Å². The molecule has 2 rings (SSSR count). The largest absolute Gasteiger partial charge is 0.484 e. The van der Waals surface area contributed by atoms with Crippen molar-refractivity contribution >= 4 is 17.4 Å². The predicted molar refractivity (Wildman–Crippen MR) is 95.6 cm³/mol. The molecule has 0 atom stereocenters. The summed E-state index contributed by atoms with van der Waals surface area (Å²) in [5, 5.41) is 2.80. The Labute approximate surface area is 142 Å². The summed E-state index contributed by atoms with van der Waals surface area (Å²) in [5.41, 5.74) is 2.67. The van der Waals surface area contributed by atoms with E-state index in [0.717, 1.165) is 18.5 Å². The first-order valence-corrected chi connectivity index (χ1v) is 8.27. The van der Waals surface area contributed by atoms with E-state index in [-0.39, 0.29) is 18.3 Å². The van der Waals surface area contributed by atoms with Crippen LogP contribution in [0.2, 0.25) is 0 Å². The maximum atomic E-state index is 11.9. The number of benzene rings is 2. The van der Waals surface area contributed by atoms with Gasteiger partial charge in [0.2, 0.25) is 0 Å². The highest BCUT2D eigenvalue weighted by atomic mass is 16.5. The third-order valence-corrected chi connectivity index (χ3v) is 3.64. The number of carbonyl (C=O) groups excluding carboxylic acids is 2. The SMILES string of the molecule is CCCc1ccc(NC(=O)COc2ccc(C(=O)CC)cc2)cc1. The van der Waals surface area contributed by atoms with Crippen LogP contribution in [0.5, 0.6) is 5.75 Å². The summed E-state index contributed by atoms with van der Waals surface area (Å²) in [6, 6.07) is 14.7. The first-order chi connectivity index (χ1) is 11.6. The van der Waals surface area contributed by atoms with E-state index >= 15 is 0 Å². The molecule has 4 heteroatoms. The van der Waals surface area contributed by atoms with Gasteiger partial charge in [0.1, 0.15) is 5.75 Å². The van der Waals surface area contributed by atoms with Crippen molar-refractivity contribution in [1.82, 2.24) is 0 Å². The van der Waals surface area contributed by atoms with Gasteiger partial charge < -0.3 is 10.1 Å². The lowest BCUT2D eigenvalue weighted by molar-refractivity contribution is -0.118. The Hall–Kier alpha value is -2.62. The van der Waals surface area contributed by atoms with E-state index in [0.29, 0.717) is 17.7 Å². The fourth-order valence-corrected chi connectivity index (χ4v) is 2.33. The number of amides is 1. The maximum absolute atomic E-state index is 11.9. The van der Waals surface area contributed by atoms with Crippen LogP contribution in [0.15, 0.2) is 48.5 Å². The summed E-state index contributed by atoms with van der Waals surface area (Å²) in [5.74, 6) is 0.439. The quantitative estimate of drug-likeness (QED) is 0.738. The third-order valence-electron chi connectivity index (χ3n) is 3.64. The van der Waals surface area contributed by atoms with Crippen LogP contribution in [0.1, 0.15) is 42.6 Å². The average Bonchev–Trinajstić information content (AvgIpc) is 2.61. The minimum Gasteiger partial charge on any atom is -0.484 e. The molecule has 0 aliphatic heterocycles. The summed E-state index contributed by atoms with van der Waals surface area (Å²) in [4.78, 5) is 23.5. The smallest absolute Gasteiger partial charge is 0.262 e. The molecule has 0 unspecified atom stereocenters. The Bertz CT molecular complexity index is 675. The molecular formula is C20H23NO3. The van der Waals surface area contributed by atoms with E-state index in [1.54, 1.807) is 24.3 Å². The van der Waals surface area contributed by atoms with Crippen molar-refractivity contribution in [3.8, 4) is 5.75 Å². The zero-order chi connectivity index (χ0) is 17.4. The molecule has 0 aliphatic rings. The van der Waals surface area contributed by atoms with Gasteiger partial charge in [0.15, 0.2) is 12.4 Å². The molecule has 24 heavy (non-hydrogen) atoms. The summed E-state index contributed by atoms with van der Waals surface area (Å²) < 4.78 is 5.45. The third kappa shape index (κ3) is 5.23. The lowest BCUT2D eigenvalue weighted by atomic mass is 10.1. The highest BCUT2D eigenvalue weighted by molar-refractivity contribution is 5.96. The van der Waals surface area contributed by atoms with Crippen molar-refractivity contribution in [3.05, 3.63) is 59.7 Å². The molecule has 1 N–H and O–H groups in total. The highest BCUT2D eigenvalue weighted by Crippen LogP contribution is 2.14. The molecule has 0 saturated carbocycles. The van der Waals surface area contributed by atoms with E-state index < -0.39 is 0 Å². The second-order valence-corrected chi connectivity index (χ2v) is 5.58. The fraction of sp³-hybridized carbons (Fsp3) is 0.300. The van der Waals surface area contributed by atoms with Gasteiger partial charge in [-0.05, 0) is 48.4 Å². The van der Waals surface area contributed by atoms with Crippen LogP contribution in [0.25, 0.3) is 0 Å². The van der Waals surface area contributed by atoms with Crippen LogP contribution in [-0.2, 0) is 11.2 Å². The molecule has 0 aromatic heterocycles. The Kier molecular flexibility index (Phi) is 6.55. The van der Waals surface area contributed by atoms with E-state index in [1.165, 1.54) is 5.56 Å². The van der Waals surface area contributed by atoms with Crippen LogP contribution in [0.3, 0.4) is 0 Å². The van der Waals surface area contributed by atoms with Crippen LogP contribution in [0, 0.1) is 0 Å². The summed E-state index contributed by atoms with van der Waals surface area (Å²) in [7, 11) is 0. The number of hydrogen-bond donors (Lipinski definition) is 1. The fourth-order valence-electron chi connectivity index (χ4n) is 2.33. The van der Waals surface area contributed by atoms with Gasteiger partial charge in [-0.3, -0.25) is 9.59 Å². The monoisotopic (exact) mass is 325 g/mol. The Balaban J connectivity index is 1.83. The van der Waals surface area contributed by atoms with Gasteiger partial charge >= 0.3 is 0 Å². The molecule has 0 fully saturated rings. The Morgan fingerprint density at radius 3 is 2.21 bits per heavy atom. The topological polar surface area (TPSA) is 55.4 Å². The number of carbonyl (C=O) groups is 2. The molecule has 0 bridgehead atoms. The van der Waals surface area contributed by atoms with Crippen LogP contribution >= 0.6 is 0 Å². The van der Waals surface area contributed by atoms with Gasteiger partial charge in [-0.1, -0.05) is 32.4 Å². The van der Waals surface area contributed by atoms with Crippen molar-refractivity contribution in [2.24, 2.45) is 0 Å². The first-order valence-electron chi connectivity index (χ1n) is 8.27. The molecule has 0 radical (unpaired) electrons. The zero-order valence-corrected chi connectivity index (χ0v) is 14.2. The Morgan fingerprint density at radius 2 is 1.62 bits per heavy atom. The van der Waals surface area contributed by atoms with Crippen LogP contribution < -0.4 is 10.1 Å². The zero-order valence-electron chi connectivity index (χ0n) is 14.2. The minimum atomic E-state index is -0.216. The predicted octanol–water partition coefficient (Wildman–Crippen LogP) is 4.25. The van der Waals surface area contributed by atoms with Crippen molar-refractivity contribution in [2.45, 2.75) is 33.1 Å². The molecule has 126 valence electrons. The van der Waals surface area contributed by atoms with E-state index in [2.05, 4.69) is 12.2 Å². The average molecular weight is 325 g/mol. The number of ether oxygens (including phenoxy) is 1. The first kappa shape index (κ1) is 17.7. The van der Waals surface area contributed by atoms with E-state index in [1.807, 2.05) is 31.2 Å². The number of nitrogens with one attached hydrogen (secondary N) is 1. The molecule has 0 spiro atoms. The van der Waals surface area contributed by atoms with Gasteiger partial charge in [0.25, 0.3) is 5.91 Å². The van der Waals surface area contributed by atoms with Crippen LogP contribution in [-0.4, -0.2) is 18.3 Å². The number of ketones is 1. The summed E-state index contributed by atoms with van der Waals surface area (Å²) in [6.07, 6.45) is 2.61. The molecule has 1 amide bonds. The molecule has 0 saturated heterocycles. The van der Waals surface area contributed by atoms with E-state index in [4.69, 9.17) is 4.74 Å². The highest BCUT2D eigenvalue weighted by Gasteiger charge is 2.06. The second-order valence-electron chi connectivity index (χ2n) is 5.58. The molecular weight excluding hydrogens is 302 g/mol. The molecule has 2 aromatic carbocycles. The molecule has 4 nitrogen and oxygen atoms in total. The van der Waals surface area contributed by atoms with Crippen molar-refractivity contribution in [1.29, 1.82) is 0 Å². The summed E-state index contributed by atoms with van der Waals surface area (Å²) in [6.45, 7) is 3.89. The normalized spacial score (nSPS) is 10.2. The number of aryl methyl sites for hydroxylation is 1. The minimum absolute atomic E-state index is 0.0716. The number of hydrogen-bond acceptors (Lipinski definition) is 3. The van der Waals surface area contributed by atoms with Crippen molar-refractivity contribution in [3.63, 3.8) is 0 Å². The lowest BCUT2D eigenvalue weighted by Gasteiger charge is -2.08. The summed E-state index contributed by atoms with van der Waals surface area (Å²) >= 11 is 0.